The van der Waals surface area contributed by atoms with E-state index in [1.165, 1.54) is 50.8 Å². The maximum atomic E-state index is 5.56. The van der Waals surface area contributed by atoms with E-state index in [4.69, 9.17) is 4.74 Å². The minimum atomic E-state index is 0.738. The van der Waals surface area contributed by atoms with Crippen LogP contribution in [-0.4, -0.2) is 60.2 Å². The Kier molecular flexibility index (Phi) is 5.16. The number of likely N-dealkylation sites (tertiary alicyclic amines) is 1. The predicted octanol–water partition coefficient (Wildman–Crippen LogP) is 2.79. The summed E-state index contributed by atoms with van der Waals surface area (Å²) in [5.74, 6) is 1.76. The van der Waals surface area contributed by atoms with Crippen molar-refractivity contribution >= 4 is 0 Å². The largest absolute Gasteiger partial charge is 0.381 e. The van der Waals surface area contributed by atoms with E-state index in [9.17, 15) is 0 Å². The summed E-state index contributed by atoms with van der Waals surface area (Å²) in [6, 6.07) is 5.82. The van der Waals surface area contributed by atoms with Crippen LogP contribution < -0.4 is 0 Å². The Morgan fingerprint density at radius 2 is 1.92 bits per heavy atom. The fraction of sp³-hybridized carbons (Fsp3) is 0.750. The fourth-order valence-electron chi connectivity index (χ4n) is 5.26. The van der Waals surface area contributed by atoms with E-state index >= 15 is 0 Å². The highest BCUT2D eigenvalue weighted by molar-refractivity contribution is 5.10. The second-order valence-corrected chi connectivity index (χ2v) is 7.99. The van der Waals surface area contributed by atoms with Crippen molar-refractivity contribution in [1.29, 1.82) is 0 Å². The van der Waals surface area contributed by atoms with Crippen LogP contribution in [0.5, 0.6) is 0 Å². The lowest BCUT2D eigenvalue weighted by Crippen LogP contribution is -2.44. The van der Waals surface area contributed by atoms with Crippen molar-refractivity contribution in [1.82, 2.24) is 14.8 Å². The Labute approximate surface area is 146 Å². The lowest BCUT2D eigenvalue weighted by molar-refractivity contribution is 0.0390. The molecule has 1 aliphatic carbocycles. The first-order valence-electron chi connectivity index (χ1n) is 9.72. The number of hydrogen-bond acceptors (Lipinski definition) is 4. The zero-order valence-electron chi connectivity index (χ0n) is 14.9. The van der Waals surface area contributed by atoms with Crippen LogP contribution in [0.25, 0.3) is 0 Å². The number of nitrogens with zero attached hydrogens (tertiary/aromatic N) is 3. The first-order chi connectivity index (χ1) is 11.8. The molecule has 1 aromatic heterocycles. The molecule has 4 nitrogen and oxygen atoms in total. The molecule has 0 bridgehead atoms. The third-order valence-electron chi connectivity index (χ3n) is 6.54. The van der Waals surface area contributed by atoms with Gasteiger partial charge in [0.1, 0.15) is 0 Å². The zero-order chi connectivity index (χ0) is 16.4. The Morgan fingerprint density at radius 3 is 2.71 bits per heavy atom. The highest BCUT2D eigenvalue weighted by Crippen LogP contribution is 2.40. The van der Waals surface area contributed by atoms with Crippen molar-refractivity contribution in [3.63, 3.8) is 0 Å². The molecular weight excluding hydrogens is 298 g/mol. The topological polar surface area (TPSA) is 28.6 Å². The van der Waals surface area contributed by atoms with Gasteiger partial charge in [-0.15, -0.1) is 0 Å². The van der Waals surface area contributed by atoms with Crippen LogP contribution in [0.15, 0.2) is 24.5 Å². The highest BCUT2D eigenvalue weighted by Gasteiger charge is 2.43. The third kappa shape index (κ3) is 3.51. The van der Waals surface area contributed by atoms with Crippen molar-refractivity contribution in [2.24, 2.45) is 11.8 Å². The molecule has 3 atom stereocenters. The molecule has 0 spiro atoms. The van der Waals surface area contributed by atoms with Crippen LogP contribution in [0.1, 0.15) is 37.7 Å². The summed E-state index contributed by atoms with van der Waals surface area (Å²) in [5.41, 5.74) is 1.38. The summed E-state index contributed by atoms with van der Waals surface area (Å²) >= 11 is 0. The molecule has 3 fully saturated rings. The lowest BCUT2D eigenvalue weighted by Gasteiger charge is -2.39. The van der Waals surface area contributed by atoms with E-state index in [0.717, 1.165) is 43.7 Å². The van der Waals surface area contributed by atoms with Crippen LogP contribution in [0.3, 0.4) is 0 Å². The summed E-state index contributed by atoms with van der Waals surface area (Å²) in [6.07, 6.45) is 10.5. The molecule has 4 rings (SSSR count). The van der Waals surface area contributed by atoms with E-state index in [-0.39, 0.29) is 0 Å². The summed E-state index contributed by atoms with van der Waals surface area (Å²) in [4.78, 5) is 9.56. The molecule has 0 unspecified atom stereocenters. The number of pyridine rings is 1. The second kappa shape index (κ2) is 7.51. The van der Waals surface area contributed by atoms with E-state index < -0.39 is 0 Å². The third-order valence-corrected chi connectivity index (χ3v) is 6.54. The molecule has 132 valence electrons. The van der Waals surface area contributed by atoms with Gasteiger partial charge in [0.15, 0.2) is 0 Å². The van der Waals surface area contributed by atoms with Crippen molar-refractivity contribution < 1.29 is 4.74 Å². The van der Waals surface area contributed by atoms with Gasteiger partial charge in [-0.25, -0.2) is 0 Å². The first-order valence-corrected chi connectivity index (χ1v) is 9.72. The van der Waals surface area contributed by atoms with Gasteiger partial charge in [0.25, 0.3) is 0 Å². The summed E-state index contributed by atoms with van der Waals surface area (Å²) in [5, 5.41) is 0. The number of hydrogen-bond donors (Lipinski definition) is 0. The smallest absolute Gasteiger partial charge is 0.0480 e. The Balaban J connectivity index is 1.40. The fourth-order valence-corrected chi connectivity index (χ4v) is 5.26. The summed E-state index contributed by atoms with van der Waals surface area (Å²) in [7, 11) is 2.32. The van der Waals surface area contributed by atoms with Gasteiger partial charge < -0.3 is 4.74 Å². The average Bonchev–Trinajstić information content (AvgIpc) is 3.07. The lowest BCUT2D eigenvalue weighted by atomic mass is 9.77. The quantitative estimate of drug-likeness (QED) is 0.849. The minimum Gasteiger partial charge on any atom is -0.381 e. The van der Waals surface area contributed by atoms with Crippen LogP contribution in [0, 0.1) is 11.8 Å². The maximum Gasteiger partial charge on any atom is 0.0480 e. The van der Waals surface area contributed by atoms with Crippen molar-refractivity contribution in [2.75, 3.05) is 33.4 Å². The Morgan fingerprint density at radius 1 is 1.12 bits per heavy atom. The van der Waals surface area contributed by atoms with Gasteiger partial charge in [-0.2, -0.15) is 0 Å². The van der Waals surface area contributed by atoms with Crippen LogP contribution in [0.2, 0.25) is 0 Å². The van der Waals surface area contributed by atoms with E-state index in [0.29, 0.717) is 0 Å². The van der Waals surface area contributed by atoms with Crippen molar-refractivity contribution in [3.05, 3.63) is 30.1 Å². The van der Waals surface area contributed by atoms with Gasteiger partial charge in [0.05, 0.1) is 0 Å². The molecule has 0 amide bonds. The van der Waals surface area contributed by atoms with Crippen molar-refractivity contribution in [3.8, 4) is 0 Å². The van der Waals surface area contributed by atoms with Gasteiger partial charge in [-0.1, -0.05) is 6.42 Å². The van der Waals surface area contributed by atoms with E-state index in [1.54, 1.807) is 0 Å². The van der Waals surface area contributed by atoms with Gasteiger partial charge in [0.2, 0.25) is 0 Å². The second-order valence-electron chi connectivity index (χ2n) is 7.99. The summed E-state index contributed by atoms with van der Waals surface area (Å²) < 4.78 is 5.56. The highest BCUT2D eigenvalue weighted by atomic mass is 16.5. The molecule has 0 N–H and O–H groups in total. The molecule has 0 radical (unpaired) electrons. The normalized spacial score (nSPS) is 32.2. The molecule has 2 saturated heterocycles. The SMILES string of the molecule is CN(Cc1ccncc1)[C@H]1CCC[C@@H]2CN(C3CCOCC3)C[C@@H]21. The molecule has 3 heterocycles. The molecule has 3 aliphatic rings. The molecule has 24 heavy (non-hydrogen) atoms. The molecule has 2 aliphatic heterocycles. The number of rotatable bonds is 4. The molecule has 1 saturated carbocycles. The number of fused-ring (bicyclic) bond motifs is 1. The average molecular weight is 329 g/mol. The van der Waals surface area contributed by atoms with Crippen molar-refractivity contribution in [2.45, 2.75) is 50.7 Å². The Hall–Kier alpha value is -0.970. The van der Waals surface area contributed by atoms with Gasteiger partial charge in [-0.3, -0.25) is 14.8 Å². The Bertz CT molecular complexity index is 517. The van der Waals surface area contributed by atoms with Crippen LogP contribution in [0.4, 0.5) is 0 Å². The minimum absolute atomic E-state index is 0.738. The van der Waals surface area contributed by atoms with E-state index in [2.05, 4.69) is 34.0 Å². The standard InChI is InChI=1S/C20H31N3O/c1-22(13-16-5-9-21-10-6-16)20-4-2-3-17-14-23(15-19(17)20)18-7-11-24-12-8-18/h5-6,9-10,17-20H,2-4,7-8,11-15H2,1H3/t17-,19+,20+/m1/s1. The van der Waals surface area contributed by atoms with E-state index in [1.807, 2.05) is 12.4 Å². The number of ether oxygens (including phenoxy) is 1. The van der Waals surface area contributed by atoms with Gasteiger partial charge in [0, 0.05) is 57.3 Å². The number of aromatic nitrogens is 1. The summed E-state index contributed by atoms with van der Waals surface area (Å²) in [6.45, 7) is 5.60. The maximum absolute atomic E-state index is 5.56. The predicted molar refractivity (Wildman–Crippen MR) is 95.7 cm³/mol. The molecule has 4 heteroatoms. The van der Waals surface area contributed by atoms with Crippen LogP contribution >= 0.6 is 0 Å². The molecular formula is C20H31N3O. The molecule has 1 aromatic rings. The van der Waals surface area contributed by atoms with Gasteiger partial charge >= 0.3 is 0 Å². The first kappa shape index (κ1) is 16.5. The molecule has 0 aromatic carbocycles. The van der Waals surface area contributed by atoms with Gasteiger partial charge in [-0.05, 0) is 62.3 Å². The monoisotopic (exact) mass is 329 g/mol. The zero-order valence-corrected chi connectivity index (χ0v) is 14.9. The van der Waals surface area contributed by atoms with Crippen LogP contribution in [-0.2, 0) is 11.3 Å².